The third-order valence-electron chi connectivity index (χ3n) is 6.37. The Balaban J connectivity index is 1.33. The first kappa shape index (κ1) is 26.9. The molecule has 0 aliphatic carbocycles. The average Bonchev–Trinajstić information content (AvgIpc) is 3.24. The number of nitrogens with zero attached hydrogens (tertiary/aromatic N) is 2. The second-order valence-electron chi connectivity index (χ2n) is 9.27. The fourth-order valence-electron chi connectivity index (χ4n) is 4.66. The lowest BCUT2D eigenvalue weighted by molar-refractivity contribution is -0.143. The summed E-state index contributed by atoms with van der Waals surface area (Å²) >= 11 is 1.49. The van der Waals surface area contributed by atoms with Gasteiger partial charge in [0.15, 0.2) is 11.5 Å². The van der Waals surface area contributed by atoms with Crippen molar-refractivity contribution in [2.24, 2.45) is 0 Å². The third kappa shape index (κ3) is 6.78. The molecule has 37 heavy (non-hydrogen) atoms. The van der Waals surface area contributed by atoms with Crippen LogP contribution in [0.2, 0.25) is 0 Å². The fourth-order valence-corrected chi connectivity index (χ4v) is 5.58. The molecule has 1 saturated heterocycles. The number of morpholine rings is 1. The molecule has 198 valence electrons. The van der Waals surface area contributed by atoms with E-state index in [1.165, 1.54) is 11.8 Å². The Morgan fingerprint density at radius 2 is 1.78 bits per heavy atom. The molecule has 1 N–H and O–H groups in total. The molecule has 0 saturated carbocycles. The molecule has 4 rings (SSSR count). The van der Waals surface area contributed by atoms with Crippen LogP contribution >= 0.6 is 11.8 Å². The largest absolute Gasteiger partial charge is 0.493 e. The summed E-state index contributed by atoms with van der Waals surface area (Å²) in [5, 5.41) is 4.04. The van der Waals surface area contributed by atoms with E-state index in [1.54, 1.807) is 14.2 Å². The van der Waals surface area contributed by atoms with E-state index in [9.17, 15) is 9.59 Å². The predicted octanol–water partition coefficient (Wildman–Crippen LogP) is 3.75. The van der Waals surface area contributed by atoms with Crippen molar-refractivity contribution in [1.82, 2.24) is 14.8 Å². The Labute approximate surface area is 222 Å². The van der Waals surface area contributed by atoms with E-state index < -0.39 is 0 Å². The van der Waals surface area contributed by atoms with Crippen LogP contribution in [0.1, 0.15) is 19.4 Å². The van der Waals surface area contributed by atoms with E-state index in [0.29, 0.717) is 43.3 Å². The molecule has 2 heterocycles. The number of carbonyl (C=O) groups excluding carboxylic acids is 2. The highest BCUT2D eigenvalue weighted by Crippen LogP contribution is 2.30. The van der Waals surface area contributed by atoms with E-state index in [1.807, 2.05) is 72.0 Å². The second kappa shape index (κ2) is 12.4. The number of fused-ring (bicyclic) bond motifs is 1. The van der Waals surface area contributed by atoms with Gasteiger partial charge < -0.3 is 29.0 Å². The Hall–Kier alpha value is -3.17. The molecule has 8 nitrogen and oxygen atoms in total. The Morgan fingerprint density at radius 3 is 2.51 bits per heavy atom. The maximum absolute atomic E-state index is 13.1. The van der Waals surface area contributed by atoms with E-state index in [-0.39, 0.29) is 30.6 Å². The van der Waals surface area contributed by atoms with E-state index >= 15 is 0 Å². The van der Waals surface area contributed by atoms with Gasteiger partial charge in [-0.2, -0.15) is 0 Å². The summed E-state index contributed by atoms with van der Waals surface area (Å²) in [6, 6.07) is 13.8. The first-order valence-corrected chi connectivity index (χ1v) is 13.5. The lowest BCUT2D eigenvalue weighted by Crippen LogP contribution is -2.49. The van der Waals surface area contributed by atoms with Gasteiger partial charge in [0, 0.05) is 41.6 Å². The molecule has 2 unspecified atom stereocenters. The van der Waals surface area contributed by atoms with E-state index in [4.69, 9.17) is 14.2 Å². The standard InChI is InChI=1S/C28H35N3O5S/c1-19-14-31(15-20(2)36-19)28(33)17-30-16-26(22-7-5-6-8-23(22)30)37-18-27(32)29-12-11-21-9-10-24(34-3)25(13-21)35-4/h5-10,13,16,19-20H,11-12,14-15,17-18H2,1-4H3,(H,29,32). The highest BCUT2D eigenvalue weighted by molar-refractivity contribution is 8.00. The van der Waals surface area contributed by atoms with Crippen LogP contribution < -0.4 is 14.8 Å². The number of benzene rings is 2. The highest BCUT2D eigenvalue weighted by Gasteiger charge is 2.26. The quantitative estimate of drug-likeness (QED) is 0.406. The number of aromatic nitrogens is 1. The summed E-state index contributed by atoms with van der Waals surface area (Å²) in [5.74, 6) is 1.70. The lowest BCUT2D eigenvalue weighted by Gasteiger charge is -2.35. The Morgan fingerprint density at radius 1 is 1.05 bits per heavy atom. The number of rotatable bonds is 10. The van der Waals surface area contributed by atoms with Gasteiger partial charge in [-0.05, 0) is 44.0 Å². The van der Waals surface area contributed by atoms with Gasteiger partial charge in [-0.15, -0.1) is 11.8 Å². The van der Waals surface area contributed by atoms with Crippen molar-refractivity contribution < 1.29 is 23.8 Å². The number of carbonyl (C=O) groups is 2. The minimum absolute atomic E-state index is 0.0327. The summed E-state index contributed by atoms with van der Waals surface area (Å²) in [4.78, 5) is 28.5. The topological polar surface area (TPSA) is 82.0 Å². The van der Waals surface area contributed by atoms with Gasteiger partial charge in [-0.1, -0.05) is 24.3 Å². The molecule has 1 aliphatic rings. The first-order chi connectivity index (χ1) is 17.9. The normalized spacial score (nSPS) is 17.6. The van der Waals surface area contributed by atoms with Crippen LogP contribution in [0.5, 0.6) is 11.5 Å². The maximum Gasteiger partial charge on any atom is 0.242 e. The van der Waals surface area contributed by atoms with Crippen molar-refractivity contribution in [2.75, 3.05) is 39.6 Å². The van der Waals surface area contributed by atoms with Crippen molar-refractivity contribution >= 4 is 34.5 Å². The second-order valence-corrected chi connectivity index (χ2v) is 10.3. The monoisotopic (exact) mass is 525 g/mol. The number of hydrogen-bond donors (Lipinski definition) is 1. The molecule has 1 aliphatic heterocycles. The van der Waals surface area contributed by atoms with Crippen molar-refractivity contribution in [3.63, 3.8) is 0 Å². The molecule has 0 radical (unpaired) electrons. The van der Waals surface area contributed by atoms with Crippen molar-refractivity contribution in [2.45, 2.75) is 43.9 Å². The molecule has 2 amide bonds. The Bertz CT molecular complexity index is 1230. The first-order valence-electron chi connectivity index (χ1n) is 12.5. The molecular weight excluding hydrogens is 490 g/mol. The van der Waals surface area contributed by atoms with Gasteiger partial charge in [0.25, 0.3) is 0 Å². The average molecular weight is 526 g/mol. The lowest BCUT2D eigenvalue weighted by atomic mass is 10.1. The van der Waals surface area contributed by atoms with Crippen LogP contribution in [0.15, 0.2) is 53.6 Å². The zero-order valence-electron chi connectivity index (χ0n) is 21.9. The van der Waals surface area contributed by atoms with Gasteiger partial charge in [0.1, 0.15) is 6.54 Å². The zero-order chi connectivity index (χ0) is 26.4. The van der Waals surface area contributed by atoms with Crippen LogP contribution in [0.25, 0.3) is 10.9 Å². The number of amides is 2. The van der Waals surface area contributed by atoms with Crippen LogP contribution in [0.3, 0.4) is 0 Å². The zero-order valence-corrected chi connectivity index (χ0v) is 22.7. The van der Waals surface area contributed by atoms with Gasteiger partial charge in [0.05, 0.1) is 32.2 Å². The molecule has 1 aromatic heterocycles. The van der Waals surface area contributed by atoms with Crippen LogP contribution in [-0.4, -0.2) is 73.1 Å². The third-order valence-corrected chi connectivity index (χ3v) is 7.42. The van der Waals surface area contributed by atoms with Crippen molar-refractivity contribution in [1.29, 1.82) is 0 Å². The van der Waals surface area contributed by atoms with Crippen LogP contribution in [0.4, 0.5) is 0 Å². The summed E-state index contributed by atoms with van der Waals surface area (Å²) < 4.78 is 18.4. The summed E-state index contributed by atoms with van der Waals surface area (Å²) in [7, 11) is 3.22. The van der Waals surface area contributed by atoms with Gasteiger partial charge >= 0.3 is 0 Å². The summed E-state index contributed by atoms with van der Waals surface area (Å²) in [6.07, 6.45) is 2.74. The number of nitrogens with one attached hydrogen (secondary N) is 1. The van der Waals surface area contributed by atoms with Crippen molar-refractivity contribution in [3.8, 4) is 11.5 Å². The Kier molecular flexibility index (Phi) is 9.00. The molecule has 0 spiro atoms. The number of thioether (sulfide) groups is 1. The van der Waals surface area contributed by atoms with Crippen LogP contribution in [0, 0.1) is 0 Å². The van der Waals surface area contributed by atoms with E-state index in [2.05, 4.69) is 5.32 Å². The van der Waals surface area contributed by atoms with Gasteiger partial charge in [0.2, 0.25) is 11.8 Å². The minimum Gasteiger partial charge on any atom is -0.493 e. The number of ether oxygens (including phenoxy) is 3. The molecule has 3 aromatic rings. The SMILES string of the molecule is COc1ccc(CCNC(=O)CSc2cn(CC(=O)N3CC(C)OC(C)C3)c3ccccc23)cc1OC. The molecule has 0 bridgehead atoms. The smallest absolute Gasteiger partial charge is 0.242 e. The predicted molar refractivity (Wildman–Crippen MR) is 146 cm³/mol. The number of hydrogen-bond acceptors (Lipinski definition) is 6. The summed E-state index contributed by atoms with van der Waals surface area (Å²) in [6.45, 7) is 5.99. The number of para-hydroxylation sites is 1. The molecular formula is C28H35N3O5S. The fraction of sp³-hybridized carbons (Fsp3) is 0.429. The maximum atomic E-state index is 13.1. The van der Waals surface area contributed by atoms with Crippen molar-refractivity contribution in [3.05, 3.63) is 54.2 Å². The number of methoxy groups -OCH3 is 2. The molecule has 2 aromatic carbocycles. The van der Waals surface area contributed by atoms with E-state index in [0.717, 1.165) is 21.4 Å². The molecule has 2 atom stereocenters. The van der Waals surface area contributed by atoms with Gasteiger partial charge in [-0.3, -0.25) is 9.59 Å². The minimum atomic E-state index is -0.0327. The highest BCUT2D eigenvalue weighted by atomic mass is 32.2. The summed E-state index contributed by atoms with van der Waals surface area (Å²) in [5.41, 5.74) is 2.05. The van der Waals surface area contributed by atoms with Crippen LogP contribution in [-0.2, 0) is 27.3 Å². The molecule has 9 heteroatoms. The van der Waals surface area contributed by atoms with Gasteiger partial charge in [-0.25, -0.2) is 0 Å². The molecule has 1 fully saturated rings.